The first-order chi connectivity index (χ1) is 25.7. The van der Waals surface area contributed by atoms with Gasteiger partial charge in [0.15, 0.2) is 0 Å². The Balaban J connectivity index is 0.000000173. The van der Waals surface area contributed by atoms with Crippen molar-refractivity contribution in [1.29, 1.82) is 10.5 Å². The van der Waals surface area contributed by atoms with Crippen molar-refractivity contribution in [2.45, 2.75) is 38.9 Å². The lowest BCUT2D eigenvalue weighted by atomic mass is 9.78. The van der Waals surface area contributed by atoms with Crippen molar-refractivity contribution in [3.05, 3.63) is 169 Å². The van der Waals surface area contributed by atoms with Crippen molar-refractivity contribution >= 4 is 67.0 Å². The van der Waals surface area contributed by atoms with E-state index in [4.69, 9.17) is 19.8 Å². The van der Waals surface area contributed by atoms with Crippen LogP contribution in [0.2, 0.25) is 0 Å². The fourth-order valence-electron chi connectivity index (χ4n) is 5.34. The zero-order valence-corrected chi connectivity index (χ0v) is 35.2. The Hall–Kier alpha value is -4.17. The molecular formula is C44H34BBr2F2IN2O2. The molecule has 4 nitrogen and oxygen atoms in total. The molecule has 0 amide bonds. The molecule has 1 fully saturated rings. The second-order valence-corrected chi connectivity index (χ2v) is 16.4. The number of hydrogen-bond acceptors (Lipinski definition) is 4. The van der Waals surface area contributed by atoms with Crippen molar-refractivity contribution in [3.63, 3.8) is 0 Å². The van der Waals surface area contributed by atoms with Crippen molar-refractivity contribution in [1.82, 2.24) is 0 Å². The van der Waals surface area contributed by atoms with Gasteiger partial charge in [-0.15, -0.1) is 0 Å². The third-order valence-corrected chi connectivity index (χ3v) is 10.9. The lowest BCUT2D eigenvalue weighted by Gasteiger charge is -2.32. The summed E-state index contributed by atoms with van der Waals surface area (Å²) in [7, 11) is -0.584. The van der Waals surface area contributed by atoms with E-state index in [0.717, 1.165) is 31.2 Å². The van der Waals surface area contributed by atoms with Crippen LogP contribution in [0.25, 0.3) is 33.4 Å². The summed E-state index contributed by atoms with van der Waals surface area (Å²) in [4.78, 5) is 0. The van der Waals surface area contributed by atoms with Crippen molar-refractivity contribution in [3.8, 4) is 45.5 Å². The van der Waals surface area contributed by atoms with E-state index < -0.39 is 18.3 Å². The molecule has 54 heavy (non-hydrogen) atoms. The van der Waals surface area contributed by atoms with Crippen LogP contribution in [0.5, 0.6) is 0 Å². The van der Waals surface area contributed by atoms with Gasteiger partial charge in [-0.1, -0.05) is 92.5 Å². The molecule has 0 aliphatic carbocycles. The fraction of sp³-hybridized carbons (Fsp3) is 0.136. The second kappa shape index (κ2) is 18.0. The van der Waals surface area contributed by atoms with E-state index >= 15 is 0 Å². The van der Waals surface area contributed by atoms with Gasteiger partial charge in [0, 0.05) is 23.6 Å². The van der Waals surface area contributed by atoms with Gasteiger partial charge in [0.05, 0.1) is 34.5 Å². The van der Waals surface area contributed by atoms with Gasteiger partial charge in [-0.25, -0.2) is 8.78 Å². The molecule has 1 aliphatic heterocycles. The molecule has 0 aromatic heterocycles. The average molecular weight is 958 g/mol. The van der Waals surface area contributed by atoms with E-state index in [0.29, 0.717) is 27.7 Å². The van der Waals surface area contributed by atoms with Gasteiger partial charge >= 0.3 is 7.12 Å². The van der Waals surface area contributed by atoms with Gasteiger partial charge in [-0.3, -0.25) is 0 Å². The highest BCUT2D eigenvalue weighted by Crippen LogP contribution is 2.37. The SMILES string of the molecule is Brc1ccc(I)cc1.CC1(C)OB(c2ccc(-c3ccc(C#N)cc3)c(F)c2)OC1(C)C.N#Cc1ccc(-c2ccc(-c3ccc(Br)cc3)cc2F)cc1. The highest BCUT2D eigenvalue weighted by Gasteiger charge is 2.51. The number of halogens is 5. The zero-order valence-electron chi connectivity index (χ0n) is 29.9. The maximum Gasteiger partial charge on any atom is 0.494 e. The molecular weight excluding hydrogens is 924 g/mol. The number of rotatable bonds is 4. The fourth-order valence-corrected chi connectivity index (χ4v) is 6.23. The summed E-state index contributed by atoms with van der Waals surface area (Å²) in [5.41, 5.74) is 5.17. The largest absolute Gasteiger partial charge is 0.494 e. The van der Waals surface area contributed by atoms with Gasteiger partial charge in [-0.05, 0) is 151 Å². The molecule has 6 aromatic carbocycles. The molecule has 1 aliphatic rings. The first kappa shape index (κ1) is 41.0. The average Bonchev–Trinajstić information content (AvgIpc) is 3.39. The Kier molecular flexibility index (Phi) is 13.7. The molecule has 0 unspecified atom stereocenters. The van der Waals surface area contributed by atoms with Crippen molar-refractivity contribution in [2.24, 2.45) is 0 Å². The third kappa shape index (κ3) is 10.3. The molecule has 0 N–H and O–H groups in total. The van der Waals surface area contributed by atoms with Crippen molar-refractivity contribution in [2.75, 3.05) is 0 Å². The Bertz CT molecular complexity index is 2270. The van der Waals surface area contributed by atoms with Crippen LogP contribution in [0.4, 0.5) is 8.78 Å². The van der Waals surface area contributed by atoms with Crippen LogP contribution in [-0.4, -0.2) is 18.3 Å². The molecule has 6 aromatic rings. The van der Waals surface area contributed by atoms with Crippen LogP contribution in [-0.2, 0) is 9.31 Å². The summed E-state index contributed by atoms with van der Waals surface area (Å²) in [6.07, 6.45) is 0. The van der Waals surface area contributed by atoms with Crippen LogP contribution in [0.3, 0.4) is 0 Å². The topological polar surface area (TPSA) is 66.0 Å². The Morgan fingerprint density at radius 3 is 1.33 bits per heavy atom. The van der Waals surface area contributed by atoms with Gasteiger partial charge in [0.1, 0.15) is 11.6 Å². The maximum atomic E-state index is 14.6. The molecule has 1 saturated heterocycles. The van der Waals surface area contributed by atoms with Crippen LogP contribution in [0.1, 0.15) is 38.8 Å². The lowest BCUT2D eigenvalue weighted by Crippen LogP contribution is -2.41. The predicted molar refractivity (Wildman–Crippen MR) is 229 cm³/mol. The molecule has 10 heteroatoms. The summed E-state index contributed by atoms with van der Waals surface area (Å²) in [6, 6.07) is 44.0. The molecule has 0 bridgehead atoms. The van der Waals surface area contributed by atoms with E-state index in [1.807, 2.05) is 76.2 Å². The molecule has 0 atom stereocenters. The van der Waals surface area contributed by atoms with E-state index in [-0.39, 0.29) is 11.6 Å². The van der Waals surface area contributed by atoms with Gasteiger partial charge < -0.3 is 9.31 Å². The van der Waals surface area contributed by atoms with Gasteiger partial charge in [0.25, 0.3) is 0 Å². The second-order valence-electron chi connectivity index (χ2n) is 13.3. The Labute approximate surface area is 346 Å². The Morgan fingerprint density at radius 2 is 0.926 bits per heavy atom. The normalized spacial score (nSPS) is 13.7. The van der Waals surface area contributed by atoms with E-state index in [1.165, 1.54) is 15.7 Å². The summed E-state index contributed by atoms with van der Waals surface area (Å²) in [5, 5.41) is 17.7. The van der Waals surface area contributed by atoms with Gasteiger partial charge in [-0.2, -0.15) is 10.5 Å². The standard InChI is InChI=1S/C19H19BFNO2.C19H11BrFN.C6H4BrI/c1-18(2)19(3,4)24-20(23-18)15-9-10-16(17(21)11-15)14-7-5-13(12-22)6-8-14;20-17-8-5-14(6-9-17)16-7-10-18(19(21)11-16)15-3-1-13(12-22)2-4-15;7-5-1-3-6(8)4-2-5/h5-11H,1-4H3;1-11H;1-4H. The lowest BCUT2D eigenvalue weighted by molar-refractivity contribution is 0.00578. The summed E-state index contributed by atoms with van der Waals surface area (Å²) < 4.78 is 44.3. The minimum atomic E-state index is -0.584. The first-order valence-corrected chi connectivity index (χ1v) is 19.5. The molecule has 0 spiro atoms. The quantitative estimate of drug-likeness (QED) is 0.130. The number of hydrogen-bond donors (Lipinski definition) is 0. The minimum Gasteiger partial charge on any atom is -0.399 e. The monoisotopic (exact) mass is 956 g/mol. The Morgan fingerprint density at radius 1 is 0.537 bits per heavy atom. The van der Waals surface area contributed by atoms with E-state index in [9.17, 15) is 8.78 Å². The highest BCUT2D eigenvalue weighted by molar-refractivity contribution is 14.1. The van der Waals surface area contributed by atoms with E-state index in [1.54, 1.807) is 60.7 Å². The number of nitriles is 2. The molecule has 0 radical (unpaired) electrons. The number of benzene rings is 6. The minimum absolute atomic E-state index is 0.273. The van der Waals surface area contributed by atoms with E-state index in [2.05, 4.69) is 78.7 Å². The third-order valence-electron chi connectivity index (χ3n) is 9.12. The summed E-state index contributed by atoms with van der Waals surface area (Å²) in [6.45, 7) is 7.87. The predicted octanol–water partition coefficient (Wildman–Crippen LogP) is 12.5. The molecule has 7 rings (SSSR count). The molecule has 0 saturated carbocycles. The van der Waals surface area contributed by atoms with Crippen LogP contribution < -0.4 is 5.46 Å². The summed E-state index contributed by atoms with van der Waals surface area (Å²) >= 11 is 9.01. The van der Waals surface area contributed by atoms with Gasteiger partial charge in [0.2, 0.25) is 0 Å². The smallest absolute Gasteiger partial charge is 0.399 e. The molecule has 1 heterocycles. The van der Waals surface area contributed by atoms with Crippen LogP contribution in [0, 0.1) is 37.9 Å². The number of nitrogens with zero attached hydrogens (tertiary/aromatic N) is 2. The zero-order chi connectivity index (χ0) is 39.0. The van der Waals surface area contributed by atoms with Crippen molar-refractivity contribution < 1.29 is 18.1 Å². The maximum absolute atomic E-state index is 14.6. The molecule has 270 valence electrons. The highest BCUT2D eigenvalue weighted by atomic mass is 127. The first-order valence-electron chi connectivity index (χ1n) is 16.8. The van der Waals surface area contributed by atoms with Crippen LogP contribution >= 0.6 is 54.5 Å². The summed E-state index contributed by atoms with van der Waals surface area (Å²) in [5.74, 6) is -0.614. The van der Waals surface area contributed by atoms with Crippen LogP contribution in [0.15, 0.2) is 142 Å².